The van der Waals surface area contributed by atoms with E-state index in [0.29, 0.717) is 22.6 Å². The van der Waals surface area contributed by atoms with Crippen molar-refractivity contribution in [2.24, 2.45) is 0 Å². The van der Waals surface area contributed by atoms with E-state index in [1.807, 2.05) is 0 Å². The SMILES string of the molecule is COc1cccc(/C=C/C(=O)c2ccc(C)c([N+](=O)[O-])c2)c1OC. The molecule has 0 heterocycles. The fourth-order valence-electron chi connectivity index (χ4n) is 2.26. The number of nitrogens with zero attached hydrogens (tertiary/aromatic N) is 1. The topological polar surface area (TPSA) is 78.7 Å². The number of hydrogen-bond acceptors (Lipinski definition) is 5. The summed E-state index contributed by atoms with van der Waals surface area (Å²) in [5.74, 6) is 0.736. The maximum absolute atomic E-state index is 12.3. The maximum atomic E-state index is 12.3. The highest BCUT2D eigenvalue weighted by Gasteiger charge is 2.14. The molecule has 0 unspecified atom stereocenters. The van der Waals surface area contributed by atoms with Crippen LogP contribution in [0.4, 0.5) is 5.69 Å². The lowest BCUT2D eigenvalue weighted by Gasteiger charge is -2.09. The third-order valence-corrected chi connectivity index (χ3v) is 3.54. The van der Waals surface area contributed by atoms with Gasteiger partial charge in [-0.15, -0.1) is 0 Å². The van der Waals surface area contributed by atoms with Crippen LogP contribution in [0.2, 0.25) is 0 Å². The minimum absolute atomic E-state index is 0.0757. The first-order valence-corrected chi connectivity index (χ1v) is 7.16. The molecule has 0 aliphatic carbocycles. The first-order valence-electron chi connectivity index (χ1n) is 7.16. The highest BCUT2D eigenvalue weighted by molar-refractivity contribution is 6.07. The number of nitro groups is 1. The quantitative estimate of drug-likeness (QED) is 0.349. The van der Waals surface area contributed by atoms with Crippen LogP contribution in [-0.4, -0.2) is 24.9 Å². The van der Waals surface area contributed by atoms with Gasteiger partial charge in [0, 0.05) is 22.8 Å². The van der Waals surface area contributed by atoms with E-state index in [1.54, 1.807) is 43.3 Å². The Morgan fingerprint density at radius 1 is 1.17 bits per heavy atom. The van der Waals surface area contributed by atoms with Crippen molar-refractivity contribution < 1.29 is 19.2 Å². The van der Waals surface area contributed by atoms with Crippen LogP contribution in [0.3, 0.4) is 0 Å². The summed E-state index contributed by atoms with van der Waals surface area (Å²) in [6.45, 7) is 1.63. The number of nitro benzene ring substituents is 1. The van der Waals surface area contributed by atoms with Gasteiger partial charge in [-0.3, -0.25) is 14.9 Å². The molecule has 2 rings (SSSR count). The summed E-state index contributed by atoms with van der Waals surface area (Å²) in [6, 6.07) is 9.72. The summed E-state index contributed by atoms with van der Waals surface area (Å²) in [5.41, 5.74) is 1.36. The van der Waals surface area contributed by atoms with Gasteiger partial charge in [0.1, 0.15) is 0 Å². The van der Waals surface area contributed by atoms with Crippen LogP contribution >= 0.6 is 0 Å². The molecule has 0 saturated carbocycles. The lowest BCUT2D eigenvalue weighted by atomic mass is 10.1. The van der Waals surface area contributed by atoms with Gasteiger partial charge >= 0.3 is 0 Å². The molecule has 6 nitrogen and oxygen atoms in total. The van der Waals surface area contributed by atoms with Crippen molar-refractivity contribution in [3.63, 3.8) is 0 Å². The highest BCUT2D eigenvalue weighted by atomic mass is 16.6. The third-order valence-electron chi connectivity index (χ3n) is 3.54. The second-order valence-electron chi connectivity index (χ2n) is 5.04. The van der Waals surface area contributed by atoms with Gasteiger partial charge in [0.05, 0.1) is 19.1 Å². The first kappa shape index (κ1) is 17.2. The summed E-state index contributed by atoms with van der Waals surface area (Å²) >= 11 is 0. The van der Waals surface area contributed by atoms with Crippen molar-refractivity contribution >= 4 is 17.5 Å². The minimum Gasteiger partial charge on any atom is -0.493 e. The van der Waals surface area contributed by atoms with E-state index in [1.165, 1.54) is 26.4 Å². The minimum atomic E-state index is -0.499. The Morgan fingerprint density at radius 2 is 1.92 bits per heavy atom. The zero-order valence-corrected chi connectivity index (χ0v) is 13.6. The largest absolute Gasteiger partial charge is 0.493 e. The Hall–Kier alpha value is -3.15. The fourth-order valence-corrected chi connectivity index (χ4v) is 2.26. The van der Waals surface area contributed by atoms with Gasteiger partial charge in [0.2, 0.25) is 0 Å². The zero-order chi connectivity index (χ0) is 17.7. The third kappa shape index (κ3) is 3.60. The van der Waals surface area contributed by atoms with Gasteiger partial charge < -0.3 is 9.47 Å². The van der Waals surface area contributed by atoms with Crippen molar-refractivity contribution in [1.82, 2.24) is 0 Å². The number of rotatable bonds is 6. The number of allylic oxidation sites excluding steroid dienone is 1. The van der Waals surface area contributed by atoms with E-state index in [0.717, 1.165) is 0 Å². The van der Waals surface area contributed by atoms with Crippen LogP contribution in [0, 0.1) is 17.0 Å². The highest BCUT2D eigenvalue weighted by Crippen LogP contribution is 2.31. The Bertz CT molecular complexity index is 811. The smallest absolute Gasteiger partial charge is 0.273 e. The molecule has 0 amide bonds. The number of ether oxygens (including phenoxy) is 2. The lowest BCUT2D eigenvalue weighted by molar-refractivity contribution is -0.385. The number of ketones is 1. The van der Waals surface area contributed by atoms with Gasteiger partial charge in [-0.25, -0.2) is 0 Å². The van der Waals surface area contributed by atoms with Crippen LogP contribution in [0.5, 0.6) is 11.5 Å². The zero-order valence-electron chi connectivity index (χ0n) is 13.6. The van der Waals surface area contributed by atoms with E-state index in [2.05, 4.69) is 0 Å². The summed E-state index contributed by atoms with van der Waals surface area (Å²) in [5, 5.41) is 11.0. The van der Waals surface area contributed by atoms with Crippen molar-refractivity contribution in [1.29, 1.82) is 0 Å². The molecule has 2 aromatic carbocycles. The first-order chi connectivity index (χ1) is 11.5. The molecule has 0 radical (unpaired) electrons. The van der Waals surface area contributed by atoms with Crippen molar-refractivity contribution in [2.75, 3.05) is 14.2 Å². The molecule has 0 aromatic heterocycles. The average Bonchev–Trinajstić information content (AvgIpc) is 2.59. The van der Waals surface area contributed by atoms with Crippen molar-refractivity contribution in [2.45, 2.75) is 6.92 Å². The molecule has 0 aliphatic heterocycles. The van der Waals surface area contributed by atoms with E-state index in [9.17, 15) is 14.9 Å². The average molecular weight is 327 g/mol. The molecule has 0 fully saturated rings. The number of carbonyl (C=O) groups excluding carboxylic acids is 1. The number of aryl methyl sites for hydroxylation is 1. The monoisotopic (exact) mass is 327 g/mol. The normalized spacial score (nSPS) is 10.6. The molecule has 124 valence electrons. The molecule has 0 saturated heterocycles. The number of benzene rings is 2. The summed E-state index contributed by atoms with van der Waals surface area (Å²) in [6.07, 6.45) is 2.95. The van der Waals surface area contributed by atoms with E-state index in [4.69, 9.17) is 9.47 Å². The molecule has 0 N–H and O–H groups in total. The van der Waals surface area contributed by atoms with Gasteiger partial charge in [-0.2, -0.15) is 0 Å². The number of methoxy groups -OCH3 is 2. The Balaban J connectivity index is 2.32. The Labute approximate surface area is 139 Å². The predicted octanol–water partition coefficient (Wildman–Crippen LogP) is 3.82. The molecular weight excluding hydrogens is 310 g/mol. The maximum Gasteiger partial charge on any atom is 0.273 e. The standard InChI is InChI=1S/C18H17NO5/c1-12-7-8-14(11-15(12)19(21)22)16(20)10-9-13-5-4-6-17(23-2)18(13)24-3/h4-11H,1-3H3/b10-9+. The summed E-state index contributed by atoms with van der Waals surface area (Å²) in [4.78, 5) is 22.8. The van der Waals surface area contributed by atoms with E-state index < -0.39 is 4.92 Å². The van der Waals surface area contributed by atoms with Gasteiger partial charge in [-0.05, 0) is 25.1 Å². The predicted molar refractivity (Wildman–Crippen MR) is 90.7 cm³/mol. The molecule has 2 aromatic rings. The molecule has 0 aliphatic rings. The number of carbonyl (C=O) groups is 1. The number of para-hydroxylation sites is 1. The van der Waals surface area contributed by atoms with Crippen LogP contribution < -0.4 is 9.47 Å². The molecule has 0 atom stereocenters. The van der Waals surface area contributed by atoms with Crippen LogP contribution in [0.15, 0.2) is 42.5 Å². The molecular formula is C18H17NO5. The molecule has 0 spiro atoms. The van der Waals surface area contributed by atoms with Crippen LogP contribution in [0.25, 0.3) is 6.08 Å². The van der Waals surface area contributed by atoms with Gasteiger partial charge in [0.25, 0.3) is 5.69 Å². The second-order valence-corrected chi connectivity index (χ2v) is 5.04. The summed E-state index contributed by atoms with van der Waals surface area (Å²) < 4.78 is 10.5. The van der Waals surface area contributed by atoms with E-state index >= 15 is 0 Å². The van der Waals surface area contributed by atoms with Gasteiger partial charge in [0.15, 0.2) is 17.3 Å². The summed E-state index contributed by atoms with van der Waals surface area (Å²) in [7, 11) is 3.04. The Morgan fingerprint density at radius 3 is 2.54 bits per heavy atom. The molecule has 0 bridgehead atoms. The fraction of sp³-hybridized carbons (Fsp3) is 0.167. The van der Waals surface area contributed by atoms with Crippen molar-refractivity contribution in [3.8, 4) is 11.5 Å². The van der Waals surface area contributed by atoms with Gasteiger partial charge in [-0.1, -0.05) is 24.3 Å². The van der Waals surface area contributed by atoms with Crippen molar-refractivity contribution in [3.05, 3.63) is 69.3 Å². The van der Waals surface area contributed by atoms with Crippen LogP contribution in [0.1, 0.15) is 21.5 Å². The molecule has 6 heteroatoms. The van der Waals surface area contributed by atoms with E-state index in [-0.39, 0.29) is 17.0 Å². The lowest BCUT2D eigenvalue weighted by Crippen LogP contribution is -1.99. The Kier molecular flexibility index (Phi) is 5.31. The second kappa shape index (κ2) is 7.41. The molecule has 24 heavy (non-hydrogen) atoms. The number of hydrogen-bond donors (Lipinski definition) is 0. The van der Waals surface area contributed by atoms with Crippen LogP contribution in [-0.2, 0) is 0 Å².